The second-order valence-corrected chi connectivity index (χ2v) is 7.32. The third-order valence-electron chi connectivity index (χ3n) is 3.07. The summed E-state index contributed by atoms with van der Waals surface area (Å²) in [4.78, 5) is 23.4. The quantitative estimate of drug-likeness (QED) is 0.228. The van der Waals surface area contributed by atoms with E-state index in [1.807, 2.05) is 32.9 Å². The van der Waals surface area contributed by atoms with E-state index in [0.29, 0.717) is 42.8 Å². The Labute approximate surface area is 161 Å². The van der Waals surface area contributed by atoms with Gasteiger partial charge >= 0.3 is 5.97 Å². The molecule has 0 aliphatic carbocycles. The van der Waals surface area contributed by atoms with Crippen LogP contribution >= 0.6 is 11.3 Å². The minimum Gasteiger partial charge on any atom is -0.455 e. The summed E-state index contributed by atoms with van der Waals surface area (Å²) in [6.07, 6.45) is 1.68. The number of nitrogens with one attached hydrogen (secondary N) is 1. The van der Waals surface area contributed by atoms with Crippen LogP contribution in [0.15, 0.2) is 28.8 Å². The van der Waals surface area contributed by atoms with E-state index in [9.17, 15) is 4.79 Å². The van der Waals surface area contributed by atoms with E-state index in [1.165, 1.54) is 11.3 Å². The van der Waals surface area contributed by atoms with Crippen molar-refractivity contribution in [1.29, 1.82) is 0 Å². The minimum absolute atomic E-state index is 0.296. The number of carbonyl (C=O) groups excluding carboxylic acids is 1. The third-order valence-corrected chi connectivity index (χ3v) is 3.96. The van der Waals surface area contributed by atoms with Gasteiger partial charge < -0.3 is 14.8 Å². The monoisotopic (exact) mass is 390 g/mol. The van der Waals surface area contributed by atoms with Crippen LogP contribution in [0.5, 0.6) is 0 Å². The van der Waals surface area contributed by atoms with Crippen LogP contribution in [0.25, 0.3) is 21.0 Å². The topological polar surface area (TPSA) is 122 Å². The maximum Gasteiger partial charge on any atom is 0.358 e. The first-order valence-electron chi connectivity index (χ1n) is 8.37. The number of azide groups is 1. The average Bonchev–Trinajstić information content (AvgIpc) is 3.10. The van der Waals surface area contributed by atoms with E-state index in [0.717, 1.165) is 5.56 Å². The summed E-state index contributed by atoms with van der Waals surface area (Å²) in [7, 11) is 0. The van der Waals surface area contributed by atoms with Gasteiger partial charge in [-0.3, -0.25) is 0 Å². The number of rotatable bonds is 9. The molecule has 2 aromatic heterocycles. The normalized spacial score (nSPS) is 10.9. The Morgan fingerprint density at radius 2 is 2.22 bits per heavy atom. The summed E-state index contributed by atoms with van der Waals surface area (Å²) in [5.74, 6) is 0.246. The molecule has 10 heteroatoms. The van der Waals surface area contributed by atoms with Gasteiger partial charge in [0.2, 0.25) is 0 Å². The van der Waals surface area contributed by atoms with E-state index >= 15 is 0 Å². The lowest BCUT2D eigenvalue weighted by Crippen LogP contribution is -2.24. The van der Waals surface area contributed by atoms with Gasteiger partial charge in [-0.15, -0.1) is 11.3 Å². The molecule has 2 rings (SSSR count). The second-order valence-electron chi connectivity index (χ2n) is 6.46. The number of hydrogen-bond acceptors (Lipinski definition) is 8. The highest BCUT2D eigenvalue weighted by atomic mass is 32.1. The predicted molar refractivity (Wildman–Crippen MR) is 104 cm³/mol. The van der Waals surface area contributed by atoms with Gasteiger partial charge in [0.25, 0.3) is 0 Å². The Morgan fingerprint density at radius 1 is 1.41 bits per heavy atom. The number of ether oxygens (including phenoxy) is 2. The fraction of sp³-hybridized carbons (Fsp3) is 0.471. The van der Waals surface area contributed by atoms with E-state index < -0.39 is 11.6 Å². The molecule has 27 heavy (non-hydrogen) atoms. The van der Waals surface area contributed by atoms with Crippen molar-refractivity contribution in [3.63, 3.8) is 0 Å². The first kappa shape index (κ1) is 20.6. The molecule has 1 N–H and O–H groups in total. The van der Waals surface area contributed by atoms with Crippen LogP contribution < -0.4 is 5.32 Å². The number of thiazole rings is 1. The van der Waals surface area contributed by atoms with Gasteiger partial charge in [-0.05, 0) is 38.4 Å². The summed E-state index contributed by atoms with van der Waals surface area (Å²) < 4.78 is 10.7. The molecule has 0 spiro atoms. The van der Waals surface area contributed by atoms with Crippen LogP contribution in [0.3, 0.4) is 0 Å². The minimum atomic E-state index is -0.558. The molecule has 0 unspecified atom stereocenters. The van der Waals surface area contributed by atoms with Gasteiger partial charge in [0.15, 0.2) is 5.69 Å². The number of pyridine rings is 1. The van der Waals surface area contributed by atoms with Crippen molar-refractivity contribution >= 4 is 23.1 Å². The molecule has 0 atom stereocenters. The fourth-order valence-corrected chi connectivity index (χ4v) is 2.78. The Kier molecular flexibility index (Phi) is 7.54. The molecule has 2 heterocycles. The van der Waals surface area contributed by atoms with Crippen molar-refractivity contribution in [1.82, 2.24) is 9.97 Å². The van der Waals surface area contributed by atoms with Crippen molar-refractivity contribution in [2.24, 2.45) is 5.11 Å². The van der Waals surface area contributed by atoms with Crippen LogP contribution in [0.4, 0.5) is 5.82 Å². The van der Waals surface area contributed by atoms with E-state index in [1.54, 1.807) is 11.6 Å². The van der Waals surface area contributed by atoms with Crippen molar-refractivity contribution < 1.29 is 14.3 Å². The zero-order valence-electron chi connectivity index (χ0n) is 15.5. The van der Waals surface area contributed by atoms with Crippen molar-refractivity contribution in [2.75, 3.05) is 31.6 Å². The number of anilines is 1. The molecule has 2 aromatic rings. The molecule has 0 amide bonds. The summed E-state index contributed by atoms with van der Waals surface area (Å²) in [6, 6.07) is 3.69. The van der Waals surface area contributed by atoms with Crippen LogP contribution in [-0.2, 0) is 9.47 Å². The molecular formula is C17H22N6O3S. The summed E-state index contributed by atoms with van der Waals surface area (Å²) >= 11 is 1.37. The standard InChI is InChI=1S/C17H22N6O3S/c1-17(2,3)26-16(24)13-11-27-15(22-13)12-4-5-19-14(10-12)20-6-8-25-9-7-21-23-18/h4-5,10-11H,6-9H2,1-3H3,(H,19,20). The molecule has 0 saturated heterocycles. The maximum atomic E-state index is 12.1. The Morgan fingerprint density at radius 3 is 2.96 bits per heavy atom. The second kappa shape index (κ2) is 9.86. The van der Waals surface area contributed by atoms with Crippen LogP contribution in [0.1, 0.15) is 31.3 Å². The van der Waals surface area contributed by atoms with Crippen LogP contribution in [0, 0.1) is 0 Å². The number of nitrogens with zero attached hydrogens (tertiary/aromatic N) is 5. The Balaban J connectivity index is 1.91. The molecule has 0 bridgehead atoms. The lowest BCUT2D eigenvalue weighted by Gasteiger charge is -2.18. The molecule has 0 saturated carbocycles. The lowest BCUT2D eigenvalue weighted by molar-refractivity contribution is 0.00638. The van der Waals surface area contributed by atoms with Gasteiger partial charge in [-0.2, -0.15) is 0 Å². The molecule has 9 nitrogen and oxygen atoms in total. The SMILES string of the molecule is CC(C)(C)OC(=O)c1csc(-c2ccnc(NCCOCCN=[N+]=[N-])c2)n1. The molecule has 0 aliphatic heterocycles. The Bertz CT molecular complexity index is 811. The fourth-order valence-electron chi connectivity index (χ4n) is 1.99. The van der Waals surface area contributed by atoms with E-state index in [2.05, 4.69) is 25.3 Å². The maximum absolute atomic E-state index is 12.1. The number of aromatic nitrogens is 2. The smallest absolute Gasteiger partial charge is 0.358 e. The van der Waals surface area contributed by atoms with Crippen molar-refractivity contribution in [3.05, 3.63) is 39.8 Å². The van der Waals surface area contributed by atoms with Gasteiger partial charge in [-0.1, -0.05) is 5.11 Å². The first-order chi connectivity index (χ1) is 12.9. The summed E-state index contributed by atoms with van der Waals surface area (Å²) in [5.41, 5.74) is 8.77. The molecule has 0 aliphatic rings. The summed E-state index contributed by atoms with van der Waals surface area (Å²) in [5, 5.41) is 8.95. The number of hydrogen-bond donors (Lipinski definition) is 1. The van der Waals surface area contributed by atoms with Gasteiger partial charge in [0.1, 0.15) is 16.4 Å². The first-order valence-corrected chi connectivity index (χ1v) is 9.25. The summed E-state index contributed by atoms with van der Waals surface area (Å²) in [6.45, 7) is 7.18. The van der Waals surface area contributed by atoms with Crippen molar-refractivity contribution in [2.45, 2.75) is 26.4 Å². The van der Waals surface area contributed by atoms with Gasteiger partial charge in [0, 0.05) is 35.1 Å². The molecular weight excluding hydrogens is 368 g/mol. The zero-order chi connectivity index (χ0) is 19.7. The zero-order valence-corrected chi connectivity index (χ0v) is 16.3. The van der Waals surface area contributed by atoms with E-state index in [-0.39, 0.29) is 0 Å². The average molecular weight is 390 g/mol. The lowest BCUT2D eigenvalue weighted by atomic mass is 10.2. The highest BCUT2D eigenvalue weighted by Crippen LogP contribution is 2.26. The highest BCUT2D eigenvalue weighted by Gasteiger charge is 2.20. The van der Waals surface area contributed by atoms with Crippen LogP contribution in [-0.4, -0.2) is 47.8 Å². The van der Waals surface area contributed by atoms with Crippen LogP contribution in [0.2, 0.25) is 0 Å². The Hall–Kier alpha value is -2.68. The van der Waals surface area contributed by atoms with E-state index in [4.69, 9.17) is 15.0 Å². The number of esters is 1. The molecule has 0 fully saturated rings. The van der Waals surface area contributed by atoms with Gasteiger partial charge in [0.05, 0.1) is 13.2 Å². The highest BCUT2D eigenvalue weighted by molar-refractivity contribution is 7.13. The van der Waals surface area contributed by atoms with Gasteiger partial charge in [-0.25, -0.2) is 14.8 Å². The molecule has 0 aromatic carbocycles. The molecule has 144 valence electrons. The predicted octanol–water partition coefficient (Wildman–Crippen LogP) is 3.90. The molecule has 0 radical (unpaired) electrons. The third kappa shape index (κ3) is 7.22. The number of carbonyl (C=O) groups is 1. The largest absolute Gasteiger partial charge is 0.455 e. The van der Waals surface area contributed by atoms with Crippen molar-refractivity contribution in [3.8, 4) is 10.6 Å².